The van der Waals surface area contributed by atoms with Gasteiger partial charge in [-0.25, -0.2) is 4.39 Å². The van der Waals surface area contributed by atoms with E-state index in [-0.39, 0.29) is 11.6 Å². The van der Waals surface area contributed by atoms with Crippen molar-refractivity contribution in [2.24, 2.45) is 11.7 Å². The minimum Gasteiger partial charge on any atom is -0.338 e. The van der Waals surface area contributed by atoms with Crippen molar-refractivity contribution in [1.82, 2.24) is 4.90 Å². The Labute approximate surface area is 121 Å². The van der Waals surface area contributed by atoms with Gasteiger partial charge < -0.3 is 10.6 Å². The average Bonchev–Trinajstić information content (AvgIpc) is 2.46. The Morgan fingerprint density at radius 2 is 2.10 bits per heavy atom. The van der Waals surface area contributed by atoms with Crippen LogP contribution >= 0.6 is 0 Å². The van der Waals surface area contributed by atoms with Crippen LogP contribution in [0.15, 0.2) is 18.2 Å². The van der Waals surface area contributed by atoms with Crippen molar-refractivity contribution in [3.05, 3.63) is 39.7 Å². The fraction of sp³-hybridized carbons (Fsp3) is 0.500. The topological polar surface area (TPSA) is 89.5 Å². The first-order valence-electron chi connectivity index (χ1n) is 6.89. The second-order valence-electron chi connectivity index (χ2n) is 5.41. The molecule has 0 radical (unpaired) electrons. The second kappa shape index (κ2) is 6.17. The van der Waals surface area contributed by atoms with Crippen molar-refractivity contribution in [2.45, 2.75) is 25.8 Å². The number of halogens is 1. The number of hydrogen-bond acceptors (Lipinski definition) is 4. The average molecular weight is 295 g/mol. The van der Waals surface area contributed by atoms with Gasteiger partial charge in [0.2, 0.25) is 0 Å². The van der Waals surface area contributed by atoms with E-state index >= 15 is 0 Å². The van der Waals surface area contributed by atoms with E-state index in [0.29, 0.717) is 19.0 Å². The van der Waals surface area contributed by atoms with E-state index in [4.69, 9.17) is 5.73 Å². The summed E-state index contributed by atoms with van der Waals surface area (Å²) in [5, 5.41) is 11.0. The summed E-state index contributed by atoms with van der Waals surface area (Å²) in [6, 6.07) is 3.09. The Hall–Kier alpha value is -2.02. The van der Waals surface area contributed by atoms with E-state index in [2.05, 4.69) is 0 Å². The van der Waals surface area contributed by atoms with E-state index in [9.17, 15) is 19.3 Å². The summed E-state index contributed by atoms with van der Waals surface area (Å²) in [6.45, 7) is 2.96. The van der Waals surface area contributed by atoms with Crippen molar-refractivity contribution in [3.63, 3.8) is 0 Å². The standard InChI is InChI=1S/C14H18FN3O3/c1-9(16)10-4-6-17(7-5-10)14(19)12-3-2-11(15)8-13(12)18(20)21/h2-3,8-10H,4-7,16H2,1H3. The van der Waals surface area contributed by atoms with E-state index < -0.39 is 22.3 Å². The van der Waals surface area contributed by atoms with E-state index in [1.165, 1.54) is 6.07 Å². The van der Waals surface area contributed by atoms with Gasteiger partial charge in [-0.2, -0.15) is 0 Å². The second-order valence-corrected chi connectivity index (χ2v) is 5.41. The number of hydrogen-bond donors (Lipinski definition) is 1. The molecule has 1 aromatic rings. The van der Waals surface area contributed by atoms with Crippen LogP contribution in [0.3, 0.4) is 0 Å². The van der Waals surface area contributed by atoms with E-state index in [1.54, 1.807) is 4.90 Å². The smallest absolute Gasteiger partial charge is 0.285 e. The van der Waals surface area contributed by atoms with Crippen LogP contribution in [0.1, 0.15) is 30.1 Å². The van der Waals surface area contributed by atoms with Crippen molar-refractivity contribution in [2.75, 3.05) is 13.1 Å². The third-order valence-corrected chi connectivity index (χ3v) is 3.96. The highest BCUT2D eigenvalue weighted by Gasteiger charge is 2.29. The van der Waals surface area contributed by atoms with Gasteiger partial charge in [0.05, 0.1) is 11.0 Å². The molecule has 0 aliphatic carbocycles. The van der Waals surface area contributed by atoms with Gasteiger partial charge in [-0.3, -0.25) is 14.9 Å². The van der Waals surface area contributed by atoms with Crippen molar-refractivity contribution >= 4 is 11.6 Å². The normalized spacial score (nSPS) is 17.6. The summed E-state index contributed by atoms with van der Waals surface area (Å²) >= 11 is 0. The summed E-state index contributed by atoms with van der Waals surface area (Å²) in [5.41, 5.74) is 5.29. The Morgan fingerprint density at radius 3 is 2.62 bits per heavy atom. The van der Waals surface area contributed by atoms with E-state index in [0.717, 1.165) is 25.0 Å². The molecule has 1 unspecified atom stereocenters. The largest absolute Gasteiger partial charge is 0.338 e. The van der Waals surface area contributed by atoms with Crippen molar-refractivity contribution in [3.8, 4) is 0 Å². The molecular formula is C14H18FN3O3. The summed E-state index contributed by atoms with van der Waals surface area (Å²) in [5.74, 6) is -0.795. The molecule has 114 valence electrons. The van der Waals surface area contributed by atoms with Gasteiger partial charge in [-0.15, -0.1) is 0 Å². The summed E-state index contributed by atoms with van der Waals surface area (Å²) in [7, 11) is 0. The summed E-state index contributed by atoms with van der Waals surface area (Å²) in [4.78, 5) is 24.2. The zero-order chi connectivity index (χ0) is 15.6. The van der Waals surface area contributed by atoms with Gasteiger partial charge in [-0.05, 0) is 37.8 Å². The maximum Gasteiger partial charge on any atom is 0.285 e. The Morgan fingerprint density at radius 1 is 1.48 bits per heavy atom. The summed E-state index contributed by atoms with van der Waals surface area (Å²) < 4.78 is 13.1. The van der Waals surface area contributed by atoms with Crippen molar-refractivity contribution in [1.29, 1.82) is 0 Å². The van der Waals surface area contributed by atoms with Gasteiger partial charge in [0, 0.05) is 19.1 Å². The Kier molecular flexibility index (Phi) is 4.52. The summed E-state index contributed by atoms with van der Waals surface area (Å²) in [6.07, 6.45) is 1.55. The highest BCUT2D eigenvalue weighted by Crippen LogP contribution is 2.25. The Bertz CT molecular complexity index is 554. The lowest BCUT2D eigenvalue weighted by atomic mass is 9.90. The minimum absolute atomic E-state index is 0.0688. The maximum atomic E-state index is 13.1. The SMILES string of the molecule is CC(N)C1CCN(C(=O)c2ccc(F)cc2[N+](=O)[O-])CC1. The number of nitrogens with zero attached hydrogens (tertiary/aromatic N) is 2. The zero-order valence-electron chi connectivity index (χ0n) is 11.8. The zero-order valence-corrected chi connectivity index (χ0v) is 11.8. The van der Waals surface area contributed by atoms with Gasteiger partial charge in [0.25, 0.3) is 11.6 Å². The number of piperidine rings is 1. The Balaban J connectivity index is 2.16. The monoisotopic (exact) mass is 295 g/mol. The molecule has 21 heavy (non-hydrogen) atoms. The molecule has 1 aliphatic rings. The number of carbonyl (C=O) groups is 1. The fourth-order valence-electron chi connectivity index (χ4n) is 2.64. The number of rotatable bonds is 3. The van der Waals surface area contributed by atoms with Gasteiger partial charge in [0.1, 0.15) is 11.4 Å². The molecule has 0 saturated carbocycles. The number of benzene rings is 1. The highest BCUT2D eigenvalue weighted by molar-refractivity contribution is 5.98. The van der Waals surface area contributed by atoms with Gasteiger partial charge in [-0.1, -0.05) is 0 Å². The molecule has 2 N–H and O–H groups in total. The lowest BCUT2D eigenvalue weighted by molar-refractivity contribution is -0.385. The van der Waals surface area contributed by atoms with Crippen LogP contribution in [0.4, 0.5) is 10.1 Å². The first-order chi connectivity index (χ1) is 9.90. The van der Waals surface area contributed by atoms with Gasteiger partial charge in [0.15, 0.2) is 0 Å². The van der Waals surface area contributed by atoms with Crippen LogP contribution in [0, 0.1) is 21.8 Å². The molecule has 1 heterocycles. The van der Waals surface area contributed by atoms with Gasteiger partial charge >= 0.3 is 0 Å². The first-order valence-corrected chi connectivity index (χ1v) is 6.89. The minimum atomic E-state index is -0.731. The number of nitro benzene ring substituents is 1. The molecule has 1 aromatic carbocycles. The van der Waals surface area contributed by atoms with Crippen LogP contribution in [-0.2, 0) is 0 Å². The first kappa shape index (κ1) is 15.4. The predicted molar refractivity (Wildman–Crippen MR) is 75.3 cm³/mol. The van der Waals surface area contributed by atoms with Crippen LogP contribution < -0.4 is 5.73 Å². The van der Waals surface area contributed by atoms with Crippen LogP contribution in [0.5, 0.6) is 0 Å². The van der Waals surface area contributed by atoms with Crippen molar-refractivity contribution < 1.29 is 14.1 Å². The number of carbonyl (C=O) groups excluding carboxylic acids is 1. The van der Waals surface area contributed by atoms with E-state index in [1.807, 2.05) is 6.92 Å². The predicted octanol–water partition coefficient (Wildman–Crippen LogP) is 1.93. The lowest BCUT2D eigenvalue weighted by Gasteiger charge is -2.33. The molecule has 1 amide bonds. The molecule has 2 rings (SSSR count). The highest BCUT2D eigenvalue weighted by atomic mass is 19.1. The lowest BCUT2D eigenvalue weighted by Crippen LogP contribution is -2.42. The molecule has 1 fully saturated rings. The molecule has 0 spiro atoms. The molecule has 7 heteroatoms. The van der Waals surface area contributed by atoms with Crippen LogP contribution in [0.2, 0.25) is 0 Å². The number of likely N-dealkylation sites (tertiary alicyclic amines) is 1. The maximum absolute atomic E-state index is 13.1. The fourth-order valence-corrected chi connectivity index (χ4v) is 2.64. The molecule has 0 aromatic heterocycles. The number of nitro groups is 1. The van der Waals surface area contributed by atoms with Crippen LogP contribution in [0.25, 0.3) is 0 Å². The molecule has 1 aliphatic heterocycles. The molecular weight excluding hydrogens is 277 g/mol. The molecule has 1 atom stereocenters. The third-order valence-electron chi connectivity index (χ3n) is 3.96. The molecule has 1 saturated heterocycles. The van der Waals surface area contributed by atoms with Crippen LogP contribution in [-0.4, -0.2) is 34.9 Å². The number of amides is 1. The molecule has 0 bridgehead atoms. The third kappa shape index (κ3) is 3.36. The quantitative estimate of drug-likeness (QED) is 0.681. The molecule has 6 nitrogen and oxygen atoms in total. The number of nitrogens with two attached hydrogens (primary N) is 1.